The number of rotatable bonds is 3. The van der Waals surface area contributed by atoms with Crippen molar-refractivity contribution in [2.24, 2.45) is 0 Å². The Hall–Kier alpha value is -1.62. The molecule has 5 nitrogen and oxygen atoms in total. The molecule has 0 aliphatic carbocycles. The molecule has 1 aromatic carbocycles. The number of aromatic carboxylic acids is 1. The summed E-state index contributed by atoms with van der Waals surface area (Å²) >= 11 is 5.65. The average Bonchev–Trinajstić information content (AvgIpc) is 2.07. The third kappa shape index (κ3) is 2.43. The molecule has 0 unspecified atom stereocenters. The molecule has 0 radical (unpaired) electrons. The predicted molar refractivity (Wildman–Crippen MR) is 49.1 cm³/mol. The van der Waals surface area contributed by atoms with Crippen molar-refractivity contribution in [2.75, 3.05) is 0 Å². The number of carboxylic acid groups (broad SMARTS) is 1. The summed E-state index contributed by atoms with van der Waals surface area (Å²) in [6, 6.07) is 3.84. The van der Waals surface area contributed by atoms with E-state index in [0.29, 0.717) is 0 Å². The van der Waals surface area contributed by atoms with Gasteiger partial charge in [-0.3, -0.25) is 10.1 Å². The molecule has 0 saturated carbocycles. The zero-order valence-electron chi connectivity index (χ0n) is 6.94. The third-order valence-corrected chi connectivity index (χ3v) is 1.96. The molecule has 1 N–H and O–H groups in total. The van der Waals surface area contributed by atoms with Gasteiger partial charge >= 0.3 is 5.97 Å². The van der Waals surface area contributed by atoms with E-state index < -0.39 is 17.4 Å². The van der Waals surface area contributed by atoms with Gasteiger partial charge in [0.05, 0.1) is 10.6 Å². The van der Waals surface area contributed by atoms with E-state index in [2.05, 4.69) is 0 Å². The molecule has 1 rings (SSSR count). The predicted octanol–water partition coefficient (Wildman–Crippen LogP) is 1.81. The molecule has 1 aromatic rings. The second-order valence-electron chi connectivity index (χ2n) is 2.60. The monoisotopic (exact) mass is 215 g/mol. The van der Waals surface area contributed by atoms with E-state index in [1.807, 2.05) is 0 Å². The first-order valence-electron chi connectivity index (χ1n) is 3.64. The van der Waals surface area contributed by atoms with Crippen LogP contribution in [0.4, 0.5) is 0 Å². The van der Waals surface area contributed by atoms with Crippen molar-refractivity contribution >= 4 is 17.6 Å². The maximum Gasteiger partial charge on any atom is 0.335 e. The minimum Gasteiger partial charge on any atom is -0.478 e. The van der Waals surface area contributed by atoms with Gasteiger partial charge in [-0.25, -0.2) is 4.79 Å². The van der Waals surface area contributed by atoms with Crippen LogP contribution >= 0.6 is 11.6 Å². The Labute approximate surface area is 84.1 Å². The summed E-state index contributed by atoms with van der Waals surface area (Å²) < 4.78 is 0. The van der Waals surface area contributed by atoms with Gasteiger partial charge in [-0.1, -0.05) is 11.6 Å². The summed E-state index contributed by atoms with van der Waals surface area (Å²) in [5.41, 5.74) is 0.197. The first-order valence-corrected chi connectivity index (χ1v) is 4.02. The first kappa shape index (κ1) is 10.5. The molecule has 0 spiro atoms. The van der Waals surface area contributed by atoms with Gasteiger partial charge in [0.15, 0.2) is 0 Å². The van der Waals surface area contributed by atoms with Crippen molar-refractivity contribution in [1.29, 1.82) is 0 Å². The van der Waals surface area contributed by atoms with Crippen molar-refractivity contribution in [3.63, 3.8) is 0 Å². The maximum atomic E-state index is 10.5. The fraction of sp³-hybridized carbons (Fsp3) is 0.125. The average molecular weight is 216 g/mol. The fourth-order valence-corrected chi connectivity index (χ4v) is 1.15. The standard InChI is InChI=1S/C8H6ClNO4/c9-7-2-1-5(8(11)12)3-6(7)4-10(13)14/h1-3H,4H2,(H,11,12). The van der Waals surface area contributed by atoms with Crippen LogP contribution in [-0.2, 0) is 6.54 Å². The van der Waals surface area contributed by atoms with Crippen LogP contribution in [0.5, 0.6) is 0 Å². The molecular formula is C8H6ClNO4. The minimum atomic E-state index is -1.13. The normalized spacial score (nSPS) is 9.79. The van der Waals surface area contributed by atoms with Crippen molar-refractivity contribution in [3.8, 4) is 0 Å². The fourth-order valence-electron chi connectivity index (χ4n) is 0.968. The van der Waals surface area contributed by atoms with Gasteiger partial charge in [0.2, 0.25) is 6.54 Å². The second-order valence-corrected chi connectivity index (χ2v) is 3.01. The highest BCUT2D eigenvalue weighted by atomic mass is 35.5. The van der Waals surface area contributed by atoms with Gasteiger partial charge in [0.25, 0.3) is 0 Å². The summed E-state index contributed by atoms with van der Waals surface area (Å²) in [4.78, 5) is 20.2. The van der Waals surface area contributed by atoms with Gasteiger partial charge in [0.1, 0.15) is 0 Å². The lowest BCUT2D eigenvalue weighted by atomic mass is 10.1. The second kappa shape index (κ2) is 4.06. The molecule has 0 fully saturated rings. The van der Waals surface area contributed by atoms with E-state index in [4.69, 9.17) is 16.7 Å². The largest absolute Gasteiger partial charge is 0.478 e. The number of carboxylic acids is 1. The number of hydrogen-bond donors (Lipinski definition) is 1. The lowest BCUT2D eigenvalue weighted by molar-refractivity contribution is -0.496. The Kier molecular flexibility index (Phi) is 3.03. The topological polar surface area (TPSA) is 80.4 Å². The number of nitro groups is 1. The summed E-state index contributed by atoms with van der Waals surface area (Å²) in [6.07, 6.45) is 0. The number of carbonyl (C=O) groups is 1. The Bertz CT molecular complexity index is 391. The van der Waals surface area contributed by atoms with Crippen LogP contribution in [0.3, 0.4) is 0 Å². The van der Waals surface area contributed by atoms with E-state index in [0.717, 1.165) is 0 Å². The van der Waals surface area contributed by atoms with Crippen LogP contribution in [0.15, 0.2) is 18.2 Å². The van der Waals surface area contributed by atoms with Crippen molar-refractivity contribution in [2.45, 2.75) is 6.54 Å². The smallest absolute Gasteiger partial charge is 0.335 e. The summed E-state index contributed by atoms with van der Waals surface area (Å²) in [5, 5.41) is 19.0. The maximum absolute atomic E-state index is 10.5. The first-order chi connectivity index (χ1) is 6.50. The van der Waals surface area contributed by atoms with Gasteiger partial charge in [-0.15, -0.1) is 0 Å². The zero-order chi connectivity index (χ0) is 10.7. The Morgan fingerprint density at radius 1 is 1.57 bits per heavy atom. The zero-order valence-corrected chi connectivity index (χ0v) is 7.69. The molecule has 0 aliphatic heterocycles. The lowest BCUT2D eigenvalue weighted by Crippen LogP contribution is -2.02. The number of nitrogens with zero attached hydrogens (tertiary/aromatic N) is 1. The van der Waals surface area contributed by atoms with Crippen LogP contribution in [0.25, 0.3) is 0 Å². The number of hydrogen-bond acceptors (Lipinski definition) is 3. The number of halogens is 1. The molecule has 0 aromatic heterocycles. The highest BCUT2D eigenvalue weighted by Gasteiger charge is 2.10. The Balaban J connectivity index is 3.08. The molecule has 0 saturated heterocycles. The Morgan fingerprint density at radius 3 is 2.71 bits per heavy atom. The van der Waals surface area contributed by atoms with E-state index in [1.165, 1.54) is 18.2 Å². The highest BCUT2D eigenvalue weighted by Crippen LogP contribution is 2.18. The van der Waals surface area contributed by atoms with Crippen LogP contribution in [0, 0.1) is 10.1 Å². The van der Waals surface area contributed by atoms with Gasteiger partial charge in [0, 0.05) is 10.5 Å². The summed E-state index contributed by atoms with van der Waals surface area (Å²) in [6.45, 7) is -0.472. The van der Waals surface area contributed by atoms with E-state index in [-0.39, 0.29) is 16.1 Å². The van der Waals surface area contributed by atoms with Crippen molar-refractivity contribution in [1.82, 2.24) is 0 Å². The molecule has 0 atom stereocenters. The van der Waals surface area contributed by atoms with Crippen LogP contribution in [0.2, 0.25) is 5.02 Å². The molecule has 0 heterocycles. The number of benzene rings is 1. The van der Waals surface area contributed by atoms with Crippen molar-refractivity contribution < 1.29 is 14.8 Å². The van der Waals surface area contributed by atoms with Gasteiger partial charge < -0.3 is 5.11 Å². The van der Waals surface area contributed by atoms with Crippen LogP contribution in [-0.4, -0.2) is 16.0 Å². The molecule has 14 heavy (non-hydrogen) atoms. The van der Waals surface area contributed by atoms with Crippen LogP contribution in [0.1, 0.15) is 15.9 Å². The summed E-state index contributed by atoms with van der Waals surface area (Å²) in [7, 11) is 0. The Morgan fingerprint density at radius 2 is 2.21 bits per heavy atom. The minimum absolute atomic E-state index is 0.00810. The highest BCUT2D eigenvalue weighted by molar-refractivity contribution is 6.31. The molecule has 6 heteroatoms. The van der Waals surface area contributed by atoms with E-state index in [9.17, 15) is 14.9 Å². The van der Waals surface area contributed by atoms with E-state index in [1.54, 1.807) is 0 Å². The van der Waals surface area contributed by atoms with Gasteiger partial charge in [-0.2, -0.15) is 0 Å². The van der Waals surface area contributed by atoms with E-state index >= 15 is 0 Å². The van der Waals surface area contributed by atoms with Crippen molar-refractivity contribution in [3.05, 3.63) is 44.5 Å². The van der Waals surface area contributed by atoms with Gasteiger partial charge in [-0.05, 0) is 18.2 Å². The molecule has 0 amide bonds. The molecule has 0 aliphatic rings. The molecular weight excluding hydrogens is 210 g/mol. The SMILES string of the molecule is O=C(O)c1ccc(Cl)c(C[N+](=O)[O-])c1. The molecule has 0 bridgehead atoms. The quantitative estimate of drug-likeness (QED) is 0.616. The third-order valence-electron chi connectivity index (χ3n) is 1.59. The lowest BCUT2D eigenvalue weighted by Gasteiger charge is -2.00. The van der Waals surface area contributed by atoms with Crippen LogP contribution < -0.4 is 0 Å². The summed E-state index contributed by atoms with van der Waals surface area (Å²) in [5.74, 6) is -1.13. The molecule has 74 valence electrons.